The van der Waals surface area contributed by atoms with Gasteiger partial charge in [-0.15, -0.1) is 0 Å². The van der Waals surface area contributed by atoms with Crippen LogP contribution in [0.2, 0.25) is 0 Å². The van der Waals surface area contributed by atoms with Crippen molar-refractivity contribution in [1.82, 2.24) is 14.8 Å². The number of hydrogen-bond donors (Lipinski definition) is 1. The van der Waals surface area contributed by atoms with Crippen LogP contribution < -0.4 is 9.46 Å². The molecule has 194 valence electrons. The van der Waals surface area contributed by atoms with Gasteiger partial charge in [-0.2, -0.15) is 0 Å². The highest BCUT2D eigenvalue weighted by Gasteiger charge is 2.28. The first-order chi connectivity index (χ1) is 17.4. The van der Waals surface area contributed by atoms with E-state index < -0.39 is 10.0 Å². The topological polar surface area (TPSA) is 84.7 Å². The Hall–Kier alpha value is -2.49. The fourth-order valence-electron chi connectivity index (χ4n) is 5.63. The molecule has 1 N–H and O–H groups in total. The Morgan fingerprint density at radius 3 is 2.47 bits per heavy atom. The van der Waals surface area contributed by atoms with Crippen molar-refractivity contribution in [3.8, 4) is 5.75 Å². The lowest BCUT2D eigenvalue weighted by atomic mass is 9.84. The first-order valence-electron chi connectivity index (χ1n) is 12.8. The molecule has 1 aliphatic heterocycles. The molecule has 1 aliphatic carbocycles. The summed E-state index contributed by atoms with van der Waals surface area (Å²) in [4.78, 5) is 2.80. The molecule has 3 aromatic rings. The zero-order valence-corrected chi connectivity index (χ0v) is 21.5. The summed E-state index contributed by atoms with van der Waals surface area (Å²) in [5.74, 6) is 1.33. The molecule has 0 bridgehead atoms. The summed E-state index contributed by atoms with van der Waals surface area (Å²) < 4.78 is 52.3. The molecule has 1 saturated carbocycles. The summed E-state index contributed by atoms with van der Waals surface area (Å²) in [5, 5.41) is 5.17. The van der Waals surface area contributed by atoms with Gasteiger partial charge in [0.1, 0.15) is 11.6 Å². The number of rotatable bonds is 8. The molecular formula is C27H34FN3O4S. The predicted octanol–water partition coefficient (Wildman–Crippen LogP) is 5.08. The Morgan fingerprint density at radius 2 is 1.78 bits per heavy atom. The number of fused-ring (bicyclic) bond motifs is 1. The molecule has 7 nitrogen and oxygen atoms in total. The molecule has 2 aromatic carbocycles. The Balaban J connectivity index is 1.04. The molecule has 9 heteroatoms. The van der Waals surface area contributed by atoms with Gasteiger partial charge in [-0.25, -0.2) is 17.5 Å². The van der Waals surface area contributed by atoms with E-state index in [1.807, 2.05) is 0 Å². The Kier molecular flexibility index (Phi) is 7.60. The molecule has 2 fully saturated rings. The highest BCUT2D eigenvalue weighted by Crippen LogP contribution is 2.34. The van der Waals surface area contributed by atoms with E-state index in [9.17, 15) is 12.8 Å². The maximum Gasteiger partial charge on any atom is 0.240 e. The number of ether oxygens (including phenoxy) is 1. The molecule has 5 rings (SSSR count). The average Bonchev–Trinajstić information content (AvgIpc) is 3.31. The molecule has 2 aliphatic rings. The first kappa shape index (κ1) is 25.2. The van der Waals surface area contributed by atoms with Gasteiger partial charge in [0.15, 0.2) is 5.58 Å². The van der Waals surface area contributed by atoms with Crippen LogP contribution in [0.5, 0.6) is 5.75 Å². The highest BCUT2D eigenvalue weighted by molar-refractivity contribution is 7.89. The van der Waals surface area contributed by atoms with E-state index in [0.29, 0.717) is 23.2 Å². The number of piperidine rings is 1. The molecule has 36 heavy (non-hydrogen) atoms. The number of nitrogens with one attached hydrogen (secondary N) is 1. The molecule has 0 amide bonds. The summed E-state index contributed by atoms with van der Waals surface area (Å²) in [7, 11) is -1.95. The van der Waals surface area contributed by atoms with Crippen molar-refractivity contribution < 1.29 is 22.1 Å². The third-order valence-electron chi connectivity index (χ3n) is 7.83. The van der Waals surface area contributed by atoms with Crippen molar-refractivity contribution in [3.05, 3.63) is 54.0 Å². The number of hydrogen-bond acceptors (Lipinski definition) is 6. The SMILES string of the molecule is COc1ccc(S(=O)(=O)NC2CCC(CCN3CCC(c4noc5cc(F)ccc45)CC3)CC2)cc1. The van der Waals surface area contributed by atoms with Crippen molar-refractivity contribution in [2.45, 2.75) is 61.8 Å². The smallest absolute Gasteiger partial charge is 0.240 e. The van der Waals surface area contributed by atoms with Gasteiger partial charge in [-0.3, -0.25) is 0 Å². The van der Waals surface area contributed by atoms with Gasteiger partial charge >= 0.3 is 0 Å². The van der Waals surface area contributed by atoms with Crippen molar-refractivity contribution in [1.29, 1.82) is 0 Å². The summed E-state index contributed by atoms with van der Waals surface area (Å²) >= 11 is 0. The summed E-state index contributed by atoms with van der Waals surface area (Å²) in [6.45, 7) is 3.12. The molecular weight excluding hydrogens is 481 g/mol. The maximum atomic E-state index is 13.4. The second-order valence-electron chi connectivity index (χ2n) is 10.1. The third-order valence-corrected chi connectivity index (χ3v) is 9.36. The van der Waals surface area contributed by atoms with Gasteiger partial charge in [0.2, 0.25) is 10.0 Å². The van der Waals surface area contributed by atoms with E-state index in [4.69, 9.17) is 9.26 Å². The fourth-order valence-corrected chi connectivity index (χ4v) is 6.94. The van der Waals surface area contributed by atoms with E-state index in [-0.39, 0.29) is 16.8 Å². The van der Waals surface area contributed by atoms with E-state index >= 15 is 0 Å². The second kappa shape index (κ2) is 10.9. The summed E-state index contributed by atoms with van der Waals surface area (Å²) in [6, 6.07) is 11.1. The van der Waals surface area contributed by atoms with Crippen LogP contribution in [0.3, 0.4) is 0 Å². The Labute approximate surface area is 212 Å². The molecule has 0 unspecified atom stereocenters. The lowest BCUT2D eigenvalue weighted by Gasteiger charge is -2.34. The standard InChI is InChI=1S/C27H34FN3O4S/c1-34-23-7-9-24(10-8-23)36(32,33)30-22-5-2-19(3-6-22)12-15-31-16-13-20(14-17-31)27-25-11-4-21(28)18-26(25)35-29-27/h4,7-11,18-20,22,30H,2-3,5-6,12-17H2,1H3. The number of aromatic nitrogens is 1. The maximum absolute atomic E-state index is 13.4. The zero-order valence-electron chi connectivity index (χ0n) is 20.7. The molecule has 0 spiro atoms. The van der Waals surface area contributed by atoms with Crippen LogP contribution in [-0.2, 0) is 10.0 Å². The van der Waals surface area contributed by atoms with Crippen molar-refractivity contribution in [2.75, 3.05) is 26.7 Å². The molecule has 0 atom stereocenters. The van der Waals surface area contributed by atoms with Gasteiger partial charge in [0.25, 0.3) is 0 Å². The minimum absolute atomic E-state index is 0.00476. The quantitative estimate of drug-likeness (QED) is 0.450. The first-order valence-corrected chi connectivity index (χ1v) is 14.3. The minimum atomic E-state index is -3.52. The van der Waals surface area contributed by atoms with Gasteiger partial charge in [0, 0.05) is 23.4 Å². The van der Waals surface area contributed by atoms with E-state index in [1.165, 1.54) is 12.1 Å². The van der Waals surface area contributed by atoms with Crippen LogP contribution in [0.15, 0.2) is 51.9 Å². The summed E-state index contributed by atoms with van der Waals surface area (Å²) in [5.41, 5.74) is 1.48. The monoisotopic (exact) mass is 515 g/mol. The lowest BCUT2D eigenvalue weighted by molar-refractivity contribution is 0.183. The van der Waals surface area contributed by atoms with Gasteiger partial charge < -0.3 is 14.2 Å². The number of likely N-dealkylation sites (tertiary alicyclic amines) is 1. The van der Waals surface area contributed by atoms with E-state index in [1.54, 1.807) is 37.4 Å². The van der Waals surface area contributed by atoms with E-state index in [2.05, 4.69) is 14.8 Å². The predicted molar refractivity (Wildman–Crippen MR) is 136 cm³/mol. The number of nitrogens with zero attached hydrogens (tertiary/aromatic N) is 2. The Bertz CT molecular complexity index is 1260. The van der Waals surface area contributed by atoms with Crippen LogP contribution in [-0.4, -0.2) is 51.3 Å². The number of halogens is 1. The van der Waals surface area contributed by atoms with Crippen molar-refractivity contribution in [2.24, 2.45) is 5.92 Å². The number of methoxy groups -OCH3 is 1. The highest BCUT2D eigenvalue weighted by atomic mass is 32.2. The molecule has 0 radical (unpaired) electrons. The van der Waals surface area contributed by atoms with Crippen molar-refractivity contribution >= 4 is 21.0 Å². The normalized spacial score (nSPS) is 22.2. The second-order valence-corrected chi connectivity index (χ2v) is 11.8. The van der Waals surface area contributed by atoms with Crippen LogP contribution in [0, 0.1) is 11.7 Å². The number of sulfonamides is 1. The minimum Gasteiger partial charge on any atom is -0.497 e. The van der Waals surface area contributed by atoms with E-state index in [0.717, 1.165) is 75.7 Å². The third kappa shape index (κ3) is 5.74. The molecule has 2 heterocycles. The lowest BCUT2D eigenvalue weighted by Crippen LogP contribution is -2.38. The van der Waals surface area contributed by atoms with Crippen LogP contribution in [0.1, 0.15) is 56.6 Å². The number of benzene rings is 2. The molecule has 1 saturated heterocycles. The van der Waals surface area contributed by atoms with Crippen LogP contribution >= 0.6 is 0 Å². The molecule has 1 aromatic heterocycles. The average molecular weight is 516 g/mol. The van der Waals surface area contributed by atoms with Gasteiger partial charge in [-0.1, -0.05) is 5.16 Å². The fraction of sp³-hybridized carbons (Fsp3) is 0.519. The van der Waals surface area contributed by atoms with Crippen LogP contribution in [0.25, 0.3) is 11.0 Å². The van der Waals surface area contributed by atoms with Gasteiger partial charge in [-0.05, 0) is 107 Å². The van der Waals surface area contributed by atoms with Crippen molar-refractivity contribution in [3.63, 3.8) is 0 Å². The van der Waals surface area contributed by atoms with Crippen LogP contribution in [0.4, 0.5) is 4.39 Å². The largest absolute Gasteiger partial charge is 0.497 e. The zero-order chi connectivity index (χ0) is 25.1. The van der Waals surface area contributed by atoms with Gasteiger partial charge in [0.05, 0.1) is 17.7 Å². The summed E-state index contributed by atoms with van der Waals surface area (Å²) in [6.07, 6.45) is 7.05. The Morgan fingerprint density at radius 1 is 1.06 bits per heavy atom.